The van der Waals surface area contributed by atoms with Gasteiger partial charge in [0.2, 0.25) is 0 Å². The van der Waals surface area contributed by atoms with E-state index >= 15 is 0 Å². The lowest BCUT2D eigenvalue weighted by Crippen LogP contribution is -2.58. The quantitative estimate of drug-likeness (QED) is 0.547. The van der Waals surface area contributed by atoms with Gasteiger partial charge < -0.3 is 15.4 Å². The van der Waals surface area contributed by atoms with E-state index in [9.17, 15) is 0 Å². The number of likely N-dealkylation sites (tertiary alicyclic amines) is 1. The second-order valence-electron chi connectivity index (χ2n) is 8.29. The van der Waals surface area contributed by atoms with E-state index in [0.29, 0.717) is 5.41 Å². The Kier molecular flexibility index (Phi) is 6.61. The molecule has 1 saturated carbocycles. The SMILES string of the molecule is CCNC(=NCC1(CC)CCC1)NCC1(N2CCCC2)CCOCC1. The van der Waals surface area contributed by atoms with Crippen LogP contribution in [-0.2, 0) is 4.74 Å². The summed E-state index contributed by atoms with van der Waals surface area (Å²) in [6, 6.07) is 0. The second kappa shape index (κ2) is 8.72. The van der Waals surface area contributed by atoms with E-state index in [1.54, 1.807) is 0 Å². The molecule has 0 aromatic heterocycles. The molecule has 2 aliphatic heterocycles. The fourth-order valence-corrected chi connectivity index (χ4v) is 4.68. The molecule has 5 nitrogen and oxygen atoms in total. The highest BCUT2D eigenvalue weighted by molar-refractivity contribution is 5.79. The Morgan fingerprint density at radius 1 is 1.00 bits per heavy atom. The Labute approximate surface area is 154 Å². The van der Waals surface area contributed by atoms with Crippen molar-refractivity contribution in [2.45, 2.75) is 70.8 Å². The highest BCUT2D eigenvalue weighted by Crippen LogP contribution is 2.43. The smallest absolute Gasteiger partial charge is 0.191 e. The third-order valence-electron chi connectivity index (χ3n) is 6.87. The summed E-state index contributed by atoms with van der Waals surface area (Å²) in [5.74, 6) is 1.01. The molecule has 0 bridgehead atoms. The fraction of sp³-hybridized carbons (Fsp3) is 0.950. The van der Waals surface area contributed by atoms with Gasteiger partial charge in [0, 0.05) is 38.4 Å². The lowest BCUT2D eigenvalue weighted by molar-refractivity contribution is -0.0164. The van der Waals surface area contributed by atoms with Crippen LogP contribution in [0, 0.1) is 5.41 Å². The van der Waals surface area contributed by atoms with Crippen molar-refractivity contribution in [2.75, 3.05) is 45.9 Å². The monoisotopic (exact) mass is 350 g/mol. The number of hydrogen-bond donors (Lipinski definition) is 2. The first kappa shape index (κ1) is 19.0. The van der Waals surface area contributed by atoms with Crippen molar-refractivity contribution in [3.05, 3.63) is 0 Å². The maximum atomic E-state index is 5.67. The lowest BCUT2D eigenvalue weighted by Gasteiger charge is -2.45. The van der Waals surface area contributed by atoms with Crippen LogP contribution in [0.3, 0.4) is 0 Å². The van der Waals surface area contributed by atoms with Crippen LogP contribution < -0.4 is 10.6 Å². The highest BCUT2D eigenvalue weighted by atomic mass is 16.5. The summed E-state index contributed by atoms with van der Waals surface area (Å²) in [6.07, 6.45) is 10.3. The summed E-state index contributed by atoms with van der Waals surface area (Å²) < 4.78 is 5.67. The zero-order valence-corrected chi connectivity index (χ0v) is 16.4. The first-order valence-corrected chi connectivity index (χ1v) is 10.6. The lowest BCUT2D eigenvalue weighted by atomic mass is 9.67. The van der Waals surface area contributed by atoms with Crippen molar-refractivity contribution in [3.63, 3.8) is 0 Å². The Balaban J connectivity index is 1.61. The molecule has 2 heterocycles. The maximum absolute atomic E-state index is 5.67. The van der Waals surface area contributed by atoms with Crippen LogP contribution in [0.15, 0.2) is 4.99 Å². The number of rotatable bonds is 7. The van der Waals surface area contributed by atoms with E-state index in [4.69, 9.17) is 9.73 Å². The molecular weight excluding hydrogens is 312 g/mol. The van der Waals surface area contributed by atoms with Gasteiger partial charge in [0.05, 0.1) is 0 Å². The van der Waals surface area contributed by atoms with E-state index in [-0.39, 0.29) is 5.54 Å². The van der Waals surface area contributed by atoms with Crippen molar-refractivity contribution in [3.8, 4) is 0 Å². The van der Waals surface area contributed by atoms with Gasteiger partial charge in [-0.15, -0.1) is 0 Å². The van der Waals surface area contributed by atoms with Crippen LogP contribution in [0.4, 0.5) is 0 Å². The molecule has 0 atom stereocenters. The summed E-state index contributed by atoms with van der Waals surface area (Å²) in [7, 11) is 0. The average Bonchev–Trinajstić information content (AvgIpc) is 3.15. The first-order chi connectivity index (χ1) is 12.2. The minimum atomic E-state index is 0.254. The molecule has 5 heteroatoms. The summed E-state index contributed by atoms with van der Waals surface area (Å²) in [5, 5.41) is 7.16. The van der Waals surface area contributed by atoms with E-state index < -0.39 is 0 Å². The van der Waals surface area contributed by atoms with Crippen LogP contribution in [-0.4, -0.2) is 62.3 Å². The minimum absolute atomic E-state index is 0.254. The van der Waals surface area contributed by atoms with Gasteiger partial charge in [-0.1, -0.05) is 13.3 Å². The van der Waals surface area contributed by atoms with Crippen LogP contribution in [0.1, 0.15) is 65.2 Å². The Morgan fingerprint density at radius 3 is 2.28 bits per heavy atom. The number of hydrogen-bond acceptors (Lipinski definition) is 3. The zero-order valence-electron chi connectivity index (χ0n) is 16.4. The van der Waals surface area contributed by atoms with Crippen LogP contribution in [0.2, 0.25) is 0 Å². The largest absolute Gasteiger partial charge is 0.381 e. The van der Waals surface area contributed by atoms with Crippen molar-refractivity contribution in [1.82, 2.24) is 15.5 Å². The van der Waals surface area contributed by atoms with Gasteiger partial charge in [0.1, 0.15) is 0 Å². The molecule has 144 valence electrons. The van der Waals surface area contributed by atoms with E-state index in [2.05, 4.69) is 29.4 Å². The molecule has 0 amide bonds. The van der Waals surface area contributed by atoms with Gasteiger partial charge in [0.15, 0.2) is 5.96 Å². The number of aliphatic imine (C=N–C) groups is 1. The van der Waals surface area contributed by atoms with Gasteiger partial charge >= 0.3 is 0 Å². The summed E-state index contributed by atoms with van der Waals surface area (Å²) in [5.41, 5.74) is 0.734. The molecule has 2 saturated heterocycles. The molecule has 2 N–H and O–H groups in total. The third-order valence-corrected chi connectivity index (χ3v) is 6.87. The van der Waals surface area contributed by atoms with Gasteiger partial charge in [-0.2, -0.15) is 0 Å². The molecule has 0 aromatic carbocycles. The molecule has 0 aromatic rings. The standard InChI is InChI=1S/C20H38N4O/c1-3-19(8-7-9-19)16-22-18(21-4-2)23-17-20(10-14-25-15-11-20)24-12-5-6-13-24/h3-17H2,1-2H3,(H2,21,22,23). The van der Waals surface area contributed by atoms with Gasteiger partial charge in [0.25, 0.3) is 0 Å². The summed E-state index contributed by atoms with van der Waals surface area (Å²) in [4.78, 5) is 7.68. The van der Waals surface area contributed by atoms with Gasteiger partial charge in [-0.25, -0.2) is 0 Å². The van der Waals surface area contributed by atoms with Crippen LogP contribution in [0.5, 0.6) is 0 Å². The number of nitrogens with zero attached hydrogens (tertiary/aromatic N) is 2. The molecule has 1 aliphatic carbocycles. The fourth-order valence-electron chi connectivity index (χ4n) is 4.68. The highest BCUT2D eigenvalue weighted by Gasteiger charge is 2.40. The molecule has 3 rings (SSSR count). The Morgan fingerprint density at radius 2 is 1.72 bits per heavy atom. The summed E-state index contributed by atoms with van der Waals surface area (Å²) >= 11 is 0. The van der Waals surface area contributed by atoms with Crippen molar-refractivity contribution in [1.29, 1.82) is 0 Å². The number of nitrogens with one attached hydrogen (secondary N) is 2. The average molecular weight is 351 g/mol. The van der Waals surface area contributed by atoms with Crippen molar-refractivity contribution < 1.29 is 4.74 Å². The van der Waals surface area contributed by atoms with Crippen molar-refractivity contribution in [2.24, 2.45) is 10.4 Å². The van der Waals surface area contributed by atoms with Crippen LogP contribution in [0.25, 0.3) is 0 Å². The molecule has 25 heavy (non-hydrogen) atoms. The third kappa shape index (κ3) is 4.48. The van der Waals surface area contributed by atoms with Crippen molar-refractivity contribution >= 4 is 5.96 Å². The molecule has 0 radical (unpaired) electrons. The minimum Gasteiger partial charge on any atom is -0.381 e. The molecule has 0 spiro atoms. The first-order valence-electron chi connectivity index (χ1n) is 10.6. The zero-order chi connectivity index (χ0) is 17.6. The predicted octanol–water partition coefficient (Wildman–Crippen LogP) is 2.77. The van der Waals surface area contributed by atoms with E-state index in [1.165, 1.54) is 51.6 Å². The Bertz CT molecular complexity index is 429. The molecule has 3 aliphatic rings. The van der Waals surface area contributed by atoms with E-state index in [1.807, 2.05) is 0 Å². The maximum Gasteiger partial charge on any atom is 0.191 e. The second-order valence-corrected chi connectivity index (χ2v) is 8.29. The van der Waals surface area contributed by atoms with Gasteiger partial charge in [-0.3, -0.25) is 9.89 Å². The summed E-state index contributed by atoms with van der Waals surface area (Å²) in [6.45, 7) is 11.6. The molecule has 0 unspecified atom stereocenters. The van der Waals surface area contributed by atoms with Crippen LogP contribution >= 0.6 is 0 Å². The normalized spacial score (nSPS) is 26.2. The predicted molar refractivity (Wildman–Crippen MR) is 104 cm³/mol. The molecular formula is C20H38N4O. The molecule has 3 fully saturated rings. The number of guanidine groups is 1. The Hall–Kier alpha value is -0.810. The topological polar surface area (TPSA) is 48.9 Å². The number of ether oxygens (including phenoxy) is 1. The van der Waals surface area contributed by atoms with Gasteiger partial charge in [-0.05, 0) is 70.4 Å². The van der Waals surface area contributed by atoms with E-state index in [0.717, 1.165) is 51.6 Å².